The molecule has 2 N–H and O–H groups in total. The summed E-state index contributed by atoms with van der Waals surface area (Å²) in [6.45, 7) is 2.16. The van der Waals surface area contributed by atoms with Gasteiger partial charge in [0.1, 0.15) is 30.7 Å². The van der Waals surface area contributed by atoms with Gasteiger partial charge < -0.3 is 24.4 Å². The number of benzene rings is 2. The van der Waals surface area contributed by atoms with Gasteiger partial charge in [0.05, 0.1) is 24.6 Å². The lowest BCUT2D eigenvalue weighted by molar-refractivity contribution is -0.910. The van der Waals surface area contributed by atoms with E-state index in [1.165, 1.54) is 19.2 Å². The van der Waals surface area contributed by atoms with Gasteiger partial charge in [-0.15, -0.1) is 0 Å². The van der Waals surface area contributed by atoms with Crippen LogP contribution in [0.1, 0.15) is 24.4 Å². The van der Waals surface area contributed by atoms with Crippen molar-refractivity contribution in [3.8, 4) is 17.2 Å². The second kappa shape index (κ2) is 8.58. The van der Waals surface area contributed by atoms with Gasteiger partial charge in [-0.2, -0.15) is 0 Å². The molecule has 0 aliphatic carbocycles. The van der Waals surface area contributed by atoms with Crippen LogP contribution in [0.5, 0.6) is 17.2 Å². The Morgan fingerprint density at radius 1 is 1.23 bits per heavy atom. The number of hydrogen-bond donors (Lipinski definition) is 2. The van der Waals surface area contributed by atoms with E-state index in [-0.39, 0.29) is 29.9 Å². The Morgan fingerprint density at radius 2 is 2.03 bits per heavy atom. The lowest BCUT2D eigenvalue weighted by Crippen LogP contribution is -3.11. The number of ether oxygens (including phenoxy) is 3. The standard InChI is InChI=1S/C21H23N3O6/c1-28-15-5-6-16(18(12-15)24(26)27)22-21(25)13-23-8-2-3-17(23)14-4-7-19-20(11-14)30-10-9-29-19/h4-7,11-12,17H,2-3,8-10,13H2,1H3,(H,22,25)/p+1/t17-/m1/s1. The third kappa shape index (κ3) is 4.16. The molecule has 9 heteroatoms. The van der Waals surface area contributed by atoms with E-state index < -0.39 is 4.92 Å². The van der Waals surface area contributed by atoms with Gasteiger partial charge in [0.25, 0.3) is 11.6 Å². The number of nitro groups is 1. The van der Waals surface area contributed by atoms with Gasteiger partial charge in [-0.05, 0) is 30.3 Å². The van der Waals surface area contributed by atoms with Gasteiger partial charge >= 0.3 is 0 Å². The van der Waals surface area contributed by atoms with Crippen molar-refractivity contribution in [2.75, 3.05) is 38.7 Å². The molecule has 2 aliphatic rings. The maximum Gasteiger partial charge on any atom is 0.296 e. The SMILES string of the molecule is COc1ccc(NC(=O)C[NH+]2CCC[C@@H]2c2ccc3c(c2)OCCO3)c([N+](=O)[O-])c1. The van der Waals surface area contributed by atoms with E-state index >= 15 is 0 Å². The van der Waals surface area contributed by atoms with Crippen molar-refractivity contribution in [3.05, 3.63) is 52.1 Å². The molecule has 158 valence electrons. The number of rotatable bonds is 6. The van der Waals surface area contributed by atoms with E-state index in [0.29, 0.717) is 19.0 Å². The molecule has 0 aromatic heterocycles. The van der Waals surface area contributed by atoms with Crippen molar-refractivity contribution in [2.45, 2.75) is 18.9 Å². The number of carbonyl (C=O) groups is 1. The molecular formula is C21H24N3O6+. The zero-order chi connectivity index (χ0) is 21.1. The first-order chi connectivity index (χ1) is 14.5. The van der Waals surface area contributed by atoms with Gasteiger partial charge in [0.2, 0.25) is 0 Å². The largest absolute Gasteiger partial charge is 0.496 e. The minimum atomic E-state index is -0.529. The average Bonchev–Trinajstić information content (AvgIpc) is 3.21. The molecule has 2 atom stereocenters. The second-order valence-electron chi connectivity index (χ2n) is 7.37. The van der Waals surface area contributed by atoms with E-state index in [4.69, 9.17) is 14.2 Å². The van der Waals surface area contributed by atoms with Crippen LogP contribution in [0.25, 0.3) is 0 Å². The summed E-state index contributed by atoms with van der Waals surface area (Å²) in [4.78, 5) is 24.6. The monoisotopic (exact) mass is 414 g/mol. The topological polar surface area (TPSA) is 104 Å². The molecule has 1 unspecified atom stereocenters. The molecule has 2 heterocycles. The van der Waals surface area contributed by atoms with E-state index in [1.54, 1.807) is 6.07 Å². The minimum absolute atomic E-state index is 0.164. The van der Waals surface area contributed by atoms with Crippen LogP contribution >= 0.6 is 0 Å². The van der Waals surface area contributed by atoms with Crippen LogP contribution in [0.4, 0.5) is 11.4 Å². The maximum atomic E-state index is 12.7. The van der Waals surface area contributed by atoms with E-state index in [9.17, 15) is 14.9 Å². The Labute approximate surface area is 173 Å². The van der Waals surface area contributed by atoms with Crippen LogP contribution in [-0.4, -0.2) is 44.2 Å². The second-order valence-corrected chi connectivity index (χ2v) is 7.37. The molecule has 0 radical (unpaired) electrons. The number of amides is 1. The molecule has 4 rings (SSSR count). The number of nitrogens with zero attached hydrogens (tertiary/aromatic N) is 1. The van der Waals surface area contributed by atoms with Gasteiger partial charge in [-0.1, -0.05) is 0 Å². The number of methoxy groups -OCH3 is 1. The van der Waals surface area contributed by atoms with Crippen molar-refractivity contribution >= 4 is 17.3 Å². The van der Waals surface area contributed by atoms with Gasteiger partial charge in [-0.25, -0.2) is 0 Å². The highest BCUT2D eigenvalue weighted by Crippen LogP contribution is 2.33. The van der Waals surface area contributed by atoms with Crippen LogP contribution in [-0.2, 0) is 4.79 Å². The highest BCUT2D eigenvalue weighted by Gasteiger charge is 2.33. The number of likely N-dealkylation sites (tertiary alicyclic amines) is 1. The molecular weight excluding hydrogens is 390 g/mol. The number of nitrogens with one attached hydrogen (secondary N) is 2. The summed E-state index contributed by atoms with van der Waals surface area (Å²) in [6.07, 6.45) is 1.97. The highest BCUT2D eigenvalue weighted by molar-refractivity contribution is 5.93. The fraction of sp³-hybridized carbons (Fsp3) is 0.381. The lowest BCUT2D eigenvalue weighted by atomic mass is 10.0. The van der Waals surface area contributed by atoms with Crippen LogP contribution in [0, 0.1) is 10.1 Å². The fourth-order valence-corrected chi connectivity index (χ4v) is 4.10. The summed E-state index contributed by atoms with van der Waals surface area (Å²) in [6, 6.07) is 10.5. The number of nitro benzene ring substituents is 1. The number of quaternary nitrogens is 1. The predicted octanol–water partition coefficient (Wildman–Crippen LogP) is 1.73. The van der Waals surface area contributed by atoms with Crippen molar-refractivity contribution in [3.63, 3.8) is 0 Å². The Kier molecular flexibility index (Phi) is 5.71. The summed E-state index contributed by atoms with van der Waals surface area (Å²) in [5, 5.41) is 14.0. The Balaban J connectivity index is 1.46. The molecule has 2 aromatic rings. The lowest BCUT2D eigenvalue weighted by Gasteiger charge is -2.24. The zero-order valence-corrected chi connectivity index (χ0v) is 16.7. The van der Waals surface area contributed by atoms with Crippen molar-refractivity contribution < 1.29 is 28.8 Å². The summed E-state index contributed by atoms with van der Waals surface area (Å²) in [5.74, 6) is 1.59. The fourth-order valence-electron chi connectivity index (χ4n) is 4.10. The van der Waals surface area contributed by atoms with Crippen LogP contribution in [0.15, 0.2) is 36.4 Å². The third-order valence-electron chi connectivity index (χ3n) is 5.52. The first-order valence-corrected chi connectivity index (χ1v) is 9.91. The van der Waals surface area contributed by atoms with Gasteiger partial charge in [0.15, 0.2) is 18.0 Å². The number of fused-ring (bicyclic) bond motifs is 1. The van der Waals surface area contributed by atoms with Crippen LogP contribution in [0.2, 0.25) is 0 Å². The Morgan fingerprint density at radius 3 is 2.80 bits per heavy atom. The minimum Gasteiger partial charge on any atom is -0.496 e. The molecule has 0 spiro atoms. The van der Waals surface area contributed by atoms with Gasteiger partial charge in [-0.3, -0.25) is 14.9 Å². The van der Waals surface area contributed by atoms with E-state index in [1.807, 2.05) is 18.2 Å². The molecule has 1 fully saturated rings. The molecule has 0 saturated carbocycles. The molecule has 1 saturated heterocycles. The summed E-state index contributed by atoms with van der Waals surface area (Å²) < 4.78 is 16.3. The molecule has 2 aromatic carbocycles. The van der Waals surface area contributed by atoms with Crippen LogP contribution < -0.4 is 24.4 Å². The normalized spacial score (nSPS) is 19.9. The predicted molar refractivity (Wildman–Crippen MR) is 108 cm³/mol. The first kappa shape index (κ1) is 20.0. The Hall–Kier alpha value is -3.33. The molecule has 30 heavy (non-hydrogen) atoms. The molecule has 2 aliphatic heterocycles. The highest BCUT2D eigenvalue weighted by atomic mass is 16.6. The van der Waals surface area contributed by atoms with E-state index in [2.05, 4.69) is 5.32 Å². The summed E-state index contributed by atoms with van der Waals surface area (Å²) >= 11 is 0. The smallest absolute Gasteiger partial charge is 0.296 e. The van der Waals surface area contributed by atoms with Crippen molar-refractivity contribution in [2.24, 2.45) is 0 Å². The average molecular weight is 414 g/mol. The van der Waals surface area contributed by atoms with Crippen molar-refractivity contribution in [1.29, 1.82) is 0 Å². The summed E-state index contributed by atoms with van der Waals surface area (Å²) in [7, 11) is 1.44. The third-order valence-corrected chi connectivity index (χ3v) is 5.52. The molecule has 1 amide bonds. The zero-order valence-electron chi connectivity index (χ0n) is 16.7. The van der Waals surface area contributed by atoms with Crippen molar-refractivity contribution in [1.82, 2.24) is 0 Å². The van der Waals surface area contributed by atoms with Gasteiger partial charge in [0, 0.05) is 18.4 Å². The van der Waals surface area contributed by atoms with Crippen LogP contribution in [0.3, 0.4) is 0 Å². The Bertz CT molecular complexity index is 964. The quantitative estimate of drug-likeness (QED) is 0.551. The maximum absolute atomic E-state index is 12.7. The summed E-state index contributed by atoms with van der Waals surface area (Å²) in [5.41, 5.74) is 1.08. The first-order valence-electron chi connectivity index (χ1n) is 9.91. The number of anilines is 1. The molecule has 9 nitrogen and oxygen atoms in total. The van der Waals surface area contributed by atoms with E-state index in [0.717, 1.165) is 41.3 Å². The number of carbonyl (C=O) groups excluding carboxylic acids is 1. The molecule has 0 bridgehead atoms. The number of hydrogen-bond acceptors (Lipinski definition) is 6.